The first kappa shape index (κ1) is 17.9. The van der Waals surface area contributed by atoms with E-state index in [1.807, 2.05) is 24.3 Å². The summed E-state index contributed by atoms with van der Waals surface area (Å²) in [5.74, 6) is 0.948. The highest BCUT2D eigenvalue weighted by Gasteiger charge is 2.33. The highest BCUT2D eigenvalue weighted by atomic mass is 16.6. The van der Waals surface area contributed by atoms with E-state index in [0.29, 0.717) is 48.8 Å². The van der Waals surface area contributed by atoms with Gasteiger partial charge in [-0.05, 0) is 30.3 Å². The first-order valence-electron chi connectivity index (χ1n) is 9.12. The summed E-state index contributed by atoms with van der Waals surface area (Å²) < 4.78 is 11.4. The lowest BCUT2D eigenvalue weighted by Gasteiger charge is -2.37. The van der Waals surface area contributed by atoms with Gasteiger partial charge in [0.2, 0.25) is 6.10 Å². The Bertz CT molecular complexity index is 945. The molecule has 2 aromatic rings. The van der Waals surface area contributed by atoms with Gasteiger partial charge in [-0.15, -0.1) is 0 Å². The molecule has 28 heavy (non-hydrogen) atoms. The molecular formula is C21H19N3O4. The molecule has 1 atom stereocenters. The van der Waals surface area contributed by atoms with Crippen molar-refractivity contribution in [2.24, 2.45) is 0 Å². The third-order valence-corrected chi connectivity index (χ3v) is 4.90. The Labute approximate surface area is 162 Å². The van der Waals surface area contributed by atoms with Gasteiger partial charge in [-0.1, -0.05) is 18.2 Å². The molecule has 0 bridgehead atoms. The molecule has 0 spiro atoms. The molecule has 4 rings (SSSR count). The maximum Gasteiger partial charge on any atom is 0.267 e. The molecule has 0 N–H and O–H groups in total. The van der Waals surface area contributed by atoms with E-state index in [2.05, 4.69) is 0 Å². The Morgan fingerprint density at radius 3 is 2.43 bits per heavy atom. The summed E-state index contributed by atoms with van der Waals surface area (Å²) in [6.45, 7) is 1.92. The minimum atomic E-state index is -0.676. The van der Waals surface area contributed by atoms with Crippen molar-refractivity contribution in [3.63, 3.8) is 0 Å². The maximum atomic E-state index is 12.8. The summed E-state index contributed by atoms with van der Waals surface area (Å²) in [7, 11) is 0. The number of ether oxygens (including phenoxy) is 2. The van der Waals surface area contributed by atoms with Gasteiger partial charge in [0, 0.05) is 31.7 Å². The van der Waals surface area contributed by atoms with Crippen molar-refractivity contribution in [2.45, 2.75) is 6.10 Å². The summed E-state index contributed by atoms with van der Waals surface area (Å²) in [5.41, 5.74) is 0.939. The van der Waals surface area contributed by atoms with Gasteiger partial charge in [0.1, 0.15) is 6.61 Å². The Morgan fingerprint density at radius 2 is 1.68 bits per heavy atom. The zero-order valence-electron chi connectivity index (χ0n) is 15.2. The van der Waals surface area contributed by atoms with Gasteiger partial charge in [0.25, 0.3) is 11.8 Å². The number of para-hydroxylation sites is 2. The Morgan fingerprint density at radius 1 is 0.964 bits per heavy atom. The molecule has 2 aliphatic heterocycles. The lowest BCUT2D eigenvalue weighted by atomic mass is 10.1. The summed E-state index contributed by atoms with van der Waals surface area (Å²) >= 11 is 0. The van der Waals surface area contributed by atoms with Crippen LogP contribution in [0.5, 0.6) is 11.5 Å². The summed E-state index contributed by atoms with van der Waals surface area (Å²) in [6.07, 6.45) is -0.676. The van der Waals surface area contributed by atoms with E-state index in [4.69, 9.17) is 14.7 Å². The van der Waals surface area contributed by atoms with Crippen LogP contribution >= 0.6 is 0 Å². The zero-order chi connectivity index (χ0) is 19.5. The fraction of sp³-hybridized carbons (Fsp3) is 0.286. The first-order chi connectivity index (χ1) is 13.7. The molecule has 2 amide bonds. The van der Waals surface area contributed by atoms with E-state index in [0.717, 1.165) is 0 Å². The number of fused-ring (bicyclic) bond motifs is 1. The predicted molar refractivity (Wildman–Crippen MR) is 100.0 cm³/mol. The molecule has 2 aliphatic rings. The molecule has 1 fully saturated rings. The van der Waals surface area contributed by atoms with E-state index in [1.54, 1.807) is 40.1 Å². The highest BCUT2D eigenvalue weighted by Crippen LogP contribution is 2.31. The van der Waals surface area contributed by atoms with Crippen LogP contribution in [0.15, 0.2) is 48.5 Å². The van der Waals surface area contributed by atoms with E-state index >= 15 is 0 Å². The van der Waals surface area contributed by atoms with Crippen molar-refractivity contribution < 1.29 is 19.1 Å². The number of nitrogens with zero attached hydrogens (tertiary/aromatic N) is 3. The van der Waals surface area contributed by atoms with Crippen molar-refractivity contribution in [3.05, 3.63) is 59.7 Å². The lowest BCUT2D eigenvalue weighted by Crippen LogP contribution is -2.55. The molecule has 2 aromatic carbocycles. The number of nitriles is 1. The van der Waals surface area contributed by atoms with Gasteiger partial charge in [-0.3, -0.25) is 9.59 Å². The second-order valence-corrected chi connectivity index (χ2v) is 6.67. The average molecular weight is 377 g/mol. The molecule has 7 heteroatoms. The predicted octanol–water partition coefficient (Wildman–Crippen LogP) is 1.68. The van der Waals surface area contributed by atoms with Crippen LogP contribution in [0, 0.1) is 11.3 Å². The Hall–Kier alpha value is -3.53. The second kappa shape index (κ2) is 7.61. The van der Waals surface area contributed by atoms with Crippen molar-refractivity contribution in [1.82, 2.24) is 9.80 Å². The van der Waals surface area contributed by atoms with Crippen molar-refractivity contribution >= 4 is 11.8 Å². The Balaban J connectivity index is 1.36. The molecule has 0 unspecified atom stereocenters. The monoisotopic (exact) mass is 377 g/mol. The van der Waals surface area contributed by atoms with E-state index < -0.39 is 6.10 Å². The van der Waals surface area contributed by atoms with Crippen molar-refractivity contribution in [1.29, 1.82) is 5.26 Å². The van der Waals surface area contributed by atoms with E-state index in [-0.39, 0.29) is 18.4 Å². The molecule has 0 aliphatic carbocycles. The number of hydrogen-bond acceptors (Lipinski definition) is 5. The lowest BCUT2D eigenvalue weighted by molar-refractivity contribution is -0.142. The van der Waals surface area contributed by atoms with Crippen LogP contribution in [0.4, 0.5) is 0 Å². The van der Waals surface area contributed by atoms with Crippen molar-refractivity contribution in [3.8, 4) is 17.6 Å². The number of amides is 2. The number of piperazine rings is 1. The number of hydrogen-bond donors (Lipinski definition) is 0. The van der Waals surface area contributed by atoms with Gasteiger partial charge in [0.15, 0.2) is 11.5 Å². The Kier molecular flexibility index (Phi) is 4.85. The summed E-state index contributed by atoms with van der Waals surface area (Å²) in [4.78, 5) is 28.8. The third kappa shape index (κ3) is 3.49. The molecule has 7 nitrogen and oxygen atoms in total. The third-order valence-electron chi connectivity index (χ3n) is 4.90. The second-order valence-electron chi connectivity index (χ2n) is 6.67. The van der Waals surface area contributed by atoms with Crippen LogP contribution in [-0.4, -0.2) is 60.5 Å². The van der Waals surface area contributed by atoms with Crippen LogP contribution in [-0.2, 0) is 4.79 Å². The average Bonchev–Trinajstić information content (AvgIpc) is 2.78. The fourth-order valence-corrected chi connectivity index (χ4v) is 3.38. The van der Waals surface area contributed by atoms with Crippen LogP contribution < -0.4 is 9.47 Å². The molecule has 1 saturated heterocycles. The zero-order valence-corrected chi connectivity index (χ0v) is 15.2. The molecule has 142 valence electrons. The molecule has 0 aromatic heterocycles. The van der Waals surface area contributed by atoms with Crippen molar-refractivity contribution in [2.75, 3.05) is 32.8 Å². The summed E-state index contributed by atoms with van der Waals surface area (Å²) in [5, 5.41) is 8.99. The van der Waals surface area contributed by atoms with Crippen LogP contribution in [0.3, 0.4) is 0 Å². The minimum absolute atomic E-state index is 0.129. The van der Waals surface area contributed by atoms with Gasteiger partial charge < -0.3 is 19.3 Å². The van der Waals surface area contributed by atoms with Gasteiger partial charge >= 0.3 is 0 Å². The smallest absolute Gasteiger partial charge is 0.267 e. The summed E-state index contributed by atoms with van der Waals surface area (Å²) in [6, 6.07) is 16.0. The van der Waals surface area contributed by atoms with Gasteiger partial charge in [-0.25, -0.2) is 0 Å². The maximum absolute atomic E-state index is 12.8. The van der Waals surface area contributed by atoms with Crippen LogP contribution in [0.2, 0.25) is 0 Å². The van der Waals surface area contributed by atoms with Gasteiger partial charge in [0.05, 0.1) is 11.6 Å². The molecular weight excluding hydrogens is 358 g/mol. The first-order valence-corrected chi connectivity index (χ1v) is 9.12. The van der Waals surface area contributed by atoms with Gasteiger partial charge in [-0.2, -0.15) is 5.26 Å². The quantitative estimate of drug-likeness (QED) is 0.795. The minimum Gasteiger partial charge on any atom is -0.485 e. The fourth-order valence-electron chi connectivity index (χ4n) is 3.38. The van der Waals surface area contributed by atoms with Crippen LogP contribution in [0.1, 0.15) is 15.9 Å². The topological polar surface area (TPSA) is 82.9 Å². The molecule has 0 radical (unpaired) electrons. The SMILES string of the molecule is N#Cc1cccc(C(=O)N2CCN(C(=O)[C@@H]3COc4ccccc4O3)CC2)c1. The standard InChI is InChI=1S/C21H19N3O4/c22-13-15-4-3-5-16(12-15)20(25)23-8-10-24(11-9-23)21(26)19-14-27-17-6-1-2-7-18(17)28-19/h1-7,12,19H,8-11,14H2/t19-/m0/s1. The van der Waals surface area contributed by atoms with E-state index in [9.17, 15) is 9.59 Å². The number of carbonyl (C=O) groups excluding carboxylic acids is 2. The normalized spacial score (nSPS) is 18.3. The number of benzene rings is 2. The largest absolute Gasteiger partial charge is 0.485 e. The van der Waals surface area contributed by atoms with Crippen LogP contribution in [0.25, 0.3) is 0 Å². The van der Waals surface area contributed by atoms with E-state index in [1.165, 1.54) is 0 Å². The molecule has 2 heterocycles. The molecule has 0 saturated carbocycles. The number of rotatable bonds is 2. The highest BCUT2D eigenvalue weighted by molar-refractivity contribution is 5.94. The number of carbonyl (C=O) groups is 2.